The standard InChI is InChI=1S/C15H14N2OS/c1-8-4-6-11(7-5-8)12-9(2)19-15-13(12)14(18)16-10(3)17-15/h4-7H,1-3H3,(H,16,17,18). The number of hydrogen-bond acceptors (Lipinski definition) is 3. The monoisotopic (exact) mass is 270 g/mol. The van der Waals surface area contributed by atoms with Crippen LogP contribution in [0.15, 0.2) is 29.1 Å². The second-order valence-corrected chi connectivity index (χ2v) is 5.93. The van der Waals surface area contributed by atoms with Gasteiger partial charge in [-0.1, -0.05) is 29.8 Å². The van der Waals surface area contributed by atoms with E-state index in [-0.39, 0.29) is 5.56 Å². The summed E-state index contributed by atoms with van der Waals surface area (Å²) in [6.07, 6.45) is 0. The maximum Gasteiger partial charge on any atom is 0.260 e. The molecular formula is C15H14N2OS. The highest BCUT2D eigenvalue weighted by Crippen LogP contribution is 2.35. The van der Waals surface area contributed by atoms with Gasteiger partial charge in [-0.3, -0.25) is 4.79 Å². The number of H-pyrrole nitrogens is 1. The van der Waals surface area contributed by atoms with Gasteiger partial charge in [0.1, 0.15) is 10.7 Å². The topological polar surface area (TPSA) is 45.8 Å². The van der Waals surface area contributed by atoms with Crippen LogP contribution in [0, 0.1) is 20.8 Å². The average Bonchev–Trinajstić information content (AvgIpc) is 2.66. The molecule has 0 bridgehead atoms. The quantitative estimate of drug-likeness (QED) is 0.734. The molecule has 96 valence electrons. The Morgan fingerprint density at radius 1 is 1.11 bits per heavy atom. The summed E-state index contributed by atoms with van der Waals surface area (Å²) in [5.41, 5.74) is 3.24. The first-order valence-electron chi connectivity index (χ1n) is 6.13. The van der Waals surface area contributed by atoms with Crippen molar-refractivity contribution >= 4 is 21.6 Å². The number of aromatic nitrogens is 2. The minimum atomic E-state index is -0.0533. The summed E-state index contributed by atoms with van der Waals surface area (Å²) in [5, 5.41) is 0.706. The van der Waals surface area contributed by atoms with Crippen LogP contribution in [0.1, 0.15) is 16.3 Å². The fraction of sp³-hybridized carbons (Fsp3) is 0.200. The van der Waals surface area contributed by atoms with Crippen LogP contribution in [0.25, 0.3) is 21.3 Å². The van der Waals surface area contributed by atoms with E-state index in [1.807, 2.05) is 6.92 Å². The van der Waals surface area contributed by atoms with Gasteiger partial charge in [0, 0.05) is 10.4 Å². The SMILES string of the molecule is Cc1ccc(-c2c(C)sc3nc(C)[nH]c(=O)c23)cc1. The average molecular weight is 270 g/mol. The molecule has 0 aliphatic carbocycles. The maximum absolute atomic E-state index is 12.2. The smallest absolute Gasteiger partial charge is 0.260 e. The summed E-state index contributed by atoms with van der Waals surface area (Å²) in [4.78, 5) is 21.3. The van der Waals surface area contributed by atoms with Gasteiger partial charge in [-0.15, -0.1) is 11.3 Å². The zero-order valence-electron chi connectivity index (χ0n) is 11.1. The normalized spacial score (nSPS) is 11.1. The molecule has 0 aliphatic rings. The molecule has 0 saturated heterocycles. The molecule has 0 atom stereocenters. The molecule has 1 aromatic carbocycles. The summed E-state index contributed by atoms with van der Waals surface area (Å²) in [5.74, 6) is 0.661. The van der Waals surface area contributed by atoms with E-state index in [4.69, 9.17) is 0 Å². The van der Waals surface area contributed by atoms with Gasteiger partial charge in [-0.05, 0) is 26.3 Å². The molecule has 1 N–H and O–H groups in total. The zero-order chi connectivity index (χ0) is 13.6. The highest BCUT2D eigenvalue weighted by molar-refractivity contribution is 7.19. The van der Waals surface area contributed by atoms with Crippen LogP contribution >= 0.6 is 11.3 Å². The lowest BCUT2D eigenvalue weighted by molar-refractivity contribution is 1.07. The third kappa shape index (κ3) is 1.98. The number of aryl methyl sites for hydroxylation is 3. The van der Waals surface area contributed by atoms with Gasteiger partial charge in [0.25, 0.3) is 5.56 Å². The fourth-order valence-corrected chi connectivity index (χ4v) is 3.39. The van der Waals surface area contributed by atoms with Crippen LogP contribution in [0.2, 0.25) is 0 Å². The minimum Gasteiger partial charge on any atom is -0.310 e. The Labute approximate surface area is 115 Å². The first-order chi connectivity index (χ1) is 9.06. The van der Waals surface area contributed by atoms with Crippen LogP contribution in [0.4, 0.5) is 0 Å². The van der Waals surface area contributed by atoms with Gasteiger partial charge < -0.3 is 4.98 Å². The molecule has 0 amide bonds. The lowest BCUT2D eigenvalue weighted by atomic mass is 10.0. The van der Waals surface area contributed by atoms with Gasteiger partial charge in [0.2, 0.25) is 0 Å². The Morgan fingerprint density at radius 3 is 2.47 bits per heavy atom. The van der Waals surface area contributed by atoms with Crippen molar-refractivity contribution in [2.75, 3.05) is 0 Å². The third-order valence-corrected chi connectivity index (χ3v) is 4.20. The third-order valence-electron chi connectivity index (χ3n) is 3.20. The van der Waals surface area contributed by atoms with Gasteiger partial charge in [0.05, 0.1) is 5.39 Å². The Kier molecular flexibility index (Phi) is 2.75. The first kappa shape index (κ1) is 12.1. The molecule has 0 saturated carbocycles. The van der Waals surface area contributed by atoms with E-state index in [0.717, 1.165) is 20.8 Å². The summed E-state index contributed by atoms with van der Waals surface area (Å²) in [6, 6.07) is 8.24. The first-order valence-corrected chi connectivity index (χ1v) is 6.95. The summed E-state index contributed by atoms with van der Waals surface area (Å²) < 4.78 is 0. The Bertz CT molecular complexity index is 813. The van der Waals surface area contributed by atoms with Crippen LogP contribution in [-0.2, 0) is 0 Å². The van der Waals surface area contributed by atoms with Crippen molar-refractivity contribution < 1.29 is 0 Å². The molecule has 4 heteroatoms. The molecule has 2 aromatic heterocycles. The predicted molar refractivity (Wildman–Crippen MR) is 79.9 cm³/mol. The summed E-state index contributed by atoms with van der Waals surface area (Å²) in [7, 11) is 0. The number of benzene rings is 1. The van der Waals surface area contributed by atoms with Crippen molar-refractivity contribution in [1.29, 1.82) is 0 Å². The highest BCUT2D eigenvalue weighted by atomic mass is 32.1. The number of thiophene rings is 1. The number of nitrogens with zero attached hydrogens (tertiary/aromatic N) is 1. The molecule has 0 fully saturated rings. The molecule has 3 aromatic rings. The molecule has 19 heavy (non-hydrogen) atoms. The molecule has 3 rings (SSSR count). The van der Waals surface area contributed by atoms with Gasteiger partial charge in [-0.2, -0.15) is 0 Å². The van der Waals surface area contributed by atoms with E-state index >= 15 is 0 Å². The summed E-state index contributed by atoms with van der Waals surface area (Å²) in [6.45, 7) is 5.90. The molecule has 3 nitrogen and oxygen atoms in total. The zero-order valence-corrected chi connectivity index (χ0v) is 11.9. The van der Waals surface area contributed by atoms with E-state index in [0.29, 0.717) is 11.2 Å². The predicted octanol–water partition coefficient (Wildman–Crippen LogP) is 3.58. The minimum absolute atomic E-state index is 0.0533. The number of rotatable bonds is 1. The van der Waals surface area contributed by atoms with Crippen LogP contribution in [0.5, 0.6) is 0 Å². The van der Waals surface area contributed by atoms with Crippen molar-refractivity contribution in [1.82, 2.24) is 9.97 Å². The molecule has 0 radical (unpaired) electrons. The van der Waals surface area contributed by atoms with Crippen LogP contribution in [-0.4, -0.2) is 9.97 Å². The van der Waals surface area contributed by atoms with Crippen molar-refractivity contribution in [3.63, 3.8) is 0 Å². The lowest BCUT2D eigenvalue weighted by Crippen LogP contribution is -2.08. The Morgan fingerprint density at radius 2 is 1.79 bits per heavy atom. The number of hydrogen-bond donors (Lipinski definition) is 1. The van der Waals surface area contributed by atoms with E-state index in [2.05, 4.69) is 41.2 Å². The van der Waals surface area contributed by atoms with E-state index in [9.17, 15) is 4.79 Å². The summed E-state index contributed by atoms with van der Waals surface area (Å²) >= 11 is 1.58. The van der Waals surface area contributed by atoms with Crippen molar-refractivity contribution in [2.45, 2.75) is 20.8 Å². The molecule has 0 spiro atoms. The molecule has 0 unspecified atom stereocenters. The lowest BCUT2D eigenvalue weighted by Gasteiger charge is -2.02. The van der Waals surface area contributed by atoms with E-state index < -0.39 is 0 Å². The highest BCUT2D eigenvalue weighted by Gasteiger charge is 2.15. The Hall–Kier alpha value is -1.94. The van der Waals surface area contributed by atoms with Crippen LogP contribution < -0.4 is 5.56 Å². The fourth-order valence-electron chi connectivity index (χ4n) is 2.29. The van der Waals surface area contributed by atoms with E-state index in [1.165, 1.54) is 5.56 Å². The molecule has 0 aliphatic heterocycles. The van der Waals surface area contributed by atoms with Crippen LogP contribution in [0.3, 0.4) is 0 Å². The van der Waals surface area contributed by atoms with Gasteiger partial charge in [-0.25, -0.2) is 4.98 Å². The van der Waals surface area contributed by atoms with Crippen molar-refractivity contribution in [3.05, 3.63) is 50.9 Å². The molecule has 2 heterocycles. The maximum atomic E-state index is 12.2. The largest absolute Gasteiger partial charge is 0.310 e. The van der Waals surface area contributed by atoms with Crippen molar-refractivity contribution in [3.8, 4) is 11.1 Å². The second-order valence-electron chi connectivity index (χ2n) is 4.73. The number of fused-ring (bicyclic) bond motifs is 1. The molecular weight excluding hydrogens is 256 g/mol. The number of aromatic amines is 1. The Balaban J connectivity index is 2.38. The van der Waals surface area contributed by atoms with Gasteiger partial charge >= 0.3 is 0 Å². The number of nitrogens with one attached hydrogen (secondary N) is 1. The van der Waals surface area contributed by atoms with Crippen molar-refractivity contribution in [2.24, 2.45) is 0 Å². The second kappa shape index (κ2) is 4.31. The van der Waals surface area contributed by atoms with E-state index in [1.54, 1.807) is 18.3 Å². The van der Waals surface area contributed by atoms with Gasteiger partial charge in [0.15, 0.2) is 0 Å².